The van der Waals surface area contributed by atoms with E-state index in [1.807, 2.05) is 6.07 Å². The van der Waals surface area contributed by atoms with Crippen LogP contribution in [0.1, 0.15) is 31.4 Å². The van der Waals surface area contributed by atoms with Gasteiger partial charge in [-0.1, -0.05) is 97.9 Å². The molecule has 1 aliphatic heterocycles. The van der Waals surface area contributed by atoms with Crippen LogP contribution in [0.2, 0.25) is 0 Å². The van der Waals surface area contributed by atoms with Gasteiger partial charge in [0.15, 0.2) is 5.84 Å². The van der Waals surface area contributed by atoms with Gasteiger partial charge in [-0.25, -0.2) is 4.99 Å². The maximum Gasteiger partial charge on any atom is 0.155 e. The van der Waals surface area contributed by atoms with Crippen LogP contribution in [0.4, 0.5) is 0 Å². The van der Waals surface area contributed by atoms with E-state index in [-0.39, 0.29) is 6.04 Å². The van der Waals surface area contributed by atoms with E-state index in [9.17, 15) is 0 Å². The van der Waals surface area contributed by atoms with Crippen LogP contribution in [0.15, 0.2) is 107 Å². The minimum absolute atomic E-state index is 0.196. The Balaban J connectivity index is 1.61. The van der Waals surface area contributed by atoms with Gasteiger partial charge in [0.05, 0.1) is 11.8 Å². The molecule has 5 aromatic carbocycles. The largest absolute Gasteiger partial charge is 0.262 e. The van der Waals surface area contributed by atoms with Gasteiger partial charge in [-0.05, 0) is 57.3 Å². The molecule has 0 bridgehead atoms. The van der Waals surface area contributed by atoms with Gasteiger partial charge < -0.3 is 0 Å². The highest BCUT2D eigenvalue weighted by atomic mass is 15.0. The van der Waals surface area contributed by atoms with Gasteiger partial charge in [-0.2, -0.15) is 0 Å². The zero-order valence-corrected chi connectivity index (χ0v) is 19.0. The van der Waals surface area contributed by atoms with Crippen molar-refractivity contribution in [1.29, 1.82) is 0 Å². The van der Waals surface area contributed by atoms with Gasteiger partial charge in [-0.3, -0.25) is 4.99 Å². The van der Waals surface area contributed by atoms with Crippen molar-refractivity contribution in [1.82, 2.24) is 0 Å². The van der Waals surface area contributed by atoms with Crippen LogP contribution in [0, 0.1) is 5.92 Å². The lowest BCUT2D eigenvalue weighted by atomic mass is 9.85. The molecule has 2 atom stereocenters. The van der Waals surface area contributed by atoms with E-state index in [1.165, 1.54) is 37.9 Å². The van der Waals surface area contributed by atoms with Crippen molar-refractivity contribution in [3.05, 3.63) is 108 Å². The van der Waals surface area contributed by atoms with E-state index in [2.05, 4.69) is 105 Å². The topological polar surface area (TPSA) is 24.7 Å². The number of fused-ring (bicyclic) bond motifs is 6. The Morgan fingerprint density at radius 2 is 1.15 bits per heavy atom. The summed E-state index contributed by atoms with van der Waals surface area (Å²) in [6.07, 6.45) is 1.02. The summed E-state index contributed by atoms with van der Waals surface area (Å²) in [6, 6.07) is 34.9. The summed E-state index contributed by atoms with van der Waals surface area (Å²) in [5, 5.41) is 7.79. The fourth-order valence-electron chi connectivity index (χ4n) is 5.34. The number of rotatable bonds is 3. The number of amidine groups is 1. The molecule has 0 N–H and O–H groups in total. The van der Waals surface area contributed by atoms with E-state index < -0.39 is 0 Å². The molecule has 0 radical (unpaired) electrons. The Labute approximate surface area is 194 Å². The van der Waals surface area contributed by atoms with E-state index in [0.717, 1.165) is 23.5 Å². The predicted molar refractivity (Wildman–Crippen MR) is 142 cm³/mol. The summed E-state index contributed by atoms with van der Waals surface area (Å²) in [5.74, 6) is 1.15. The summed E-state index contributed by atoms with van der Waals surface area (Å²) in [4.78, 5) is 10.1. The summed E-state index contributed by atoms with van der Waals surface area (Å²) >= 11 is 0. The van der Waals surface area contributed by atoms with E-state index in [0.29, 0.717) is 5.92 Å². The molecule has 2 heteroatoms. The van der Waals surface area contributed by atoms with Gasteiger partial charge in [0.1, 0.15) is 0 Å². The van der Waals surface area contributed by atoms with Gasteiger partial charge in [0, 0.05) is 11.5 Å². The Hall–Kier alpha value is -3.78. The van der Waals surface area contributed by atoms with Crippen LogP contribution in [-0.2, 0) is 0 Å². The molecule has 5 aromatic rings. The lowest BCUT2D eigenvalue weighted by molar-refractivity contribution is 0.546. The molecular formula is C31H26N2. The molecule has 2 nitrogen and oxygen atoms in total. The maximum atomic E-state index is 5.14. The highest BCUT2D eigenvalue weighted by Gasteiger charge is 2.27. The van der Waals surface area contributed by atoms with Crippen molar-refractivity contribution in [2.24, 2.45) is 15.9 Å². The Morgan fingerprint density at radius 3 is 1.76 bits per heavy atom. The van der Waals surface area contributed by atoms with Crippen LogP contribution in [0.3, 0.4) is 0 Å². The van der Waals surface area contributed by atoms with Crippen molar-refractivity contribution in [2.75, 3.05) is 0 Å². The van der Waals surface area contributed by atoms with Crippen molar-refractivity contribution >= 4 is 43.9 Å². The van der Waals surface area contributed by atoms with Crippen LogP contribution in [-0.4, -0.2) is 17.6 Å². The third-order valence-electron chi connectivity index (χ3n) is 7.00. The Kier molecular flexibility index (Phi) is 4.80. The lowest BCUT2D eigenvalue weighted by Gasteiger charge is -2.27. The molecular weight excluding hydrogens is 400 g/mol. The standard InChI is InChI=1S/C31H26N2/c1-3-23-20(2)32-31(21-11-5-4-6-12-21)33-30(23)22-17-18-28-26-15-8-7-13-24(26)25-14-9-10-16-27(25)29(28)19-22/h4-20,23H,3H2,1-2H3. The van der Waals surface area contributed by atoms with Gasteiger partial charge in [0.25, 0.3) is 0 Å². The fourth-order valence-corrected chi connectivity index (χ4v) is 5.34. The normalized spacial score (nSPS) is 18.5. The zero-order valence-electron chi connectivity index (χ0n) is 19.0. The summed E-state index contributed by atoms with van der Waals surface area (Å²) in [5.41, 5.74) is 3.43. The van der Waals surface area contributed by atoms with Gasteiger partial charge in [-0.15, -0.1) is 0 Å². The Morgan fingerprint density at radius 1 is 0.606 bits per heavy atom. The SMILES string of the molecule is CCC1C(c2ccc3c4ccccc4c4ccccc4c3c2)=NC(c2ccccc2)=NC1C. The quantitative estimate of drug-likeness (QED) is 0.263. The number of benzene rings is 5. The first-order valence-corrected chi connectivity index (χ1v) is 11.8. The molecule has 0 aliphatic carbocycles. The maximum absolute atomic E-state index is 5.14. The number of hydrogen-bond donors (Lipinski definition) is 0. The first-order chi connectivity index (χ1) is 16.2. The zero-order chi connectivity index (χ0) is 22.4. The van der Waals surface area contributed by atoms with Crippen LogP contribution >= 0.6 is 0 Å². The third kappa shape index (κ3) is 3.25. The average Bonchev–Trinajstić information content (AvgIpc) is 2.88. The molecule has 6 rings (SSSR count). The second-order valence-electron chi connectivity index (χ2n) is 8.92. The summed E-state index contributed by atoms with van der Waals surface area (Å²) < 4.78 is 0. The van der Waals surface area contributed by atoms with E-state index >= 15 is 0 Å². The highest BCUT2D eigenvalue weighted by Crippen LogP contribution is 2.36. The number of hydrogen-bond acceptors (Lipinski definition) is 2. The Bertz CT molecular complexity index is 1530. The van der Waals surface area contributed by atoms with Crippen molar-refractivity contribution < 1.29 is 0 Å². The van der Waals surface area contributed by atoms with Gasteiger partial charge in [0.2, 0.25) is 0 Å². The van der Waals surface area contributed by atoms with Crippen LogP contribution in [0.5, 0.6) is 0 Å². The monoisotopic (exact) mass is 426 g/mol. The van der Waals surface area contributed by atoms with Crippen LogP contribution in [0.25, 0.3) is 32.3 Å². The van der Waals surface area contributed by atoms with Crippen molar-refractivity contribution in [3.63, 3.8) is 0 Å². The second kappa shape index (κ2) is 7.97. The second-order valence-corrected chi connectivity index (χ2v) is 8.92. The fraction of sp³-hybridized carbons (Fsp3) is 0.161. The molecule has 0 aromatic heterocycles. The van der Waals surface area contributed by atoms with Crippen molar-refractivity contribution in [3.8, 4) is 0 Å². The minimum atomic E-state index is 0.196. The number of nitrogens with zero attached hydrogens (tertiary/aromatic N) is 2. The summed E-state index contributed by atoms with van der Waals surface area (Å²) in [6.45, 7) is 4.46. The molecule has 2 unspecified atom stereocenters. The van der Waals surface area contributed by atoms with E-state index in [4.69, 9.17) is 9.98 Å². The molecule has 160 valence electrons. The average molecular weight is 427 g/mol. The molecule has 33 heavy (non-hydrogen) atoms. The molecule has 0 fully saturated rings. The third-order valence-corrected chi connectivity index (χ3v) is 7.00. The van der Waals surface area contributed by atoms with Gasteiger partial charge >= 0.3 is 0 Å². The van der Waals surface area contributed by atoms with E-state index in [1.54, 1.807) is 0 Å². The van der Waals surface area contributed by atoms with Crippen LogP contribution < -0.4 is 0 Å². The molecule has 0 amide bonds. The number of aliphatic imine (C=N–C) groups is 2. The lowest BCUT2D eigenvalue weighted by Crippen LogP contribution is -2.31. The van der Waals surface area contributed by atoms with Crippen molar-refractivity contribution in [2.45, 2.75) is 26.3 Å². The molecule has 1 heterocycles. The highest BCUT2D eigenvalue weighted by molar-refractivity contribution is 6.26. The smallest absolute Gasteiger partial charge is 0.155 e. The molecule has 0 saturated carbocycles. The first-order valence-electron chi connectivity index (χ1n) is 11.8. The minimum Gasteiger partial charge on any atom is -0.262 e. The first kappa shape index (κ1) is 19.9. The molecule has 1 aliphatic rings. The summed E-state index contributed by atoms with van der Waals surface area (Å²) in [7, 11) is 0. The molecule has 0 saturated heterocycles. The molecule has 0 spiro atoms. The predicted octanol–water partition coefficient (Wildman–Crippen LogP) is 7.81.